The number of sulfone groups is 1. The Morgan fingerprint density at radius 1 is 1.21 bits per heavy atom. The molecule has 1 aliphatic rings. The molecule has 0 spiro atoms. The molecule has 0 aromatic heterocycles. The summed E-state index contributed by atoms with van der Waals surface area (Å²) >= 11 is 0. The number of hydrogen-bond acceptors (Lipinski definition) is 6. The van der Waals surface area contributed by atoms with E-state index >= 15 is 0 Å². The zero-order chi connectivity index (χ0) is 21.0. The smallest absolute Gasteiger partial charge is 0.293 e. The van der Waals surface area contributed by atoms with Crippen molar-refractivity contribution in [2.24, 2.45) is 0 Å². The van der Waals surface area contributed by atoms with Crippen LogP contribution in [0.4, 0.5) is 11.4 Å². The maximum absolute atomic E-state index is 11.8. The van der Waals surface area contributed by atoms with E-state index in [9.17, 15) is 18.5 Å². The number of benzene rings is 2. The third kappa shape index (κ3) is 4.86. The summed E-state index contributed by atoms with van der Waals surface area (Å²) in [6.45, 7) is 2.52. The Morgan fingerprint density at radius 2 is 1.90 bits per heavy atom. The van der Waals surface area contributed by atoms with Crippen molar-refractivity contribution in [3.63, 3.8) is 0 Å². The first-order chi connectivity index (χ1) is 13.8. The second-order valence-corrected chi connectivity index (χ2v) is 9.26. The molecule has 0 amide bonds. The van der Waals surface area contributed by atoms with Gasteiger partial charge in [0.1, 0.15) is 17.5 Å². The molecule has 3 rings (SSSR count). The van der Waals surface area contributed by atoms with E-state index < -0.39 is 14.8 Å². The van der Waals surface area contributed by atoms with E-state index in [0.29, 0.717) is 12.2 Å². The minimum absolute atomic E-state index is 0.0582. The fraction of sp³-hybridized carbons (Fsp3) is 0.400. The van der Waals surface area contributed by atoms with Crippen molar-refractivity contribution in [2.45, 2.75) is 23.8 Å². The minimum Gasteiger partial charge on any atom is -0.496 e. The van der Waals surface area contributed by atoms with Gasteiger partial charge in [0.15, 0.2) is 9.84 Å². The summed E-state index contributed by atoms with van der Waals surface area (Å²) in [5.74, 6) is 0.792. The molecule has 29 heavy (non-hydrogen) atoms. The van der Waals surface area contributed by atoms with E-state index in [-0.39, 0.29) is 16.6 Å². The third-order valence-electron chi connectivity index (χ3n) is 5.34. The first-order valence-electron chi connectivity index (χ1n) is 9.51. The molecule has 1 aliphatic heterocycles. The first kappa shape index (κ1) is 21.1. The second-order valence-electron chi connectivity index (χ2n) is 7.25. The molecule has 0 unspecified atom stereocenters. The van der Waals surface area contributed by atoms with Crippen molar-refractivity contribution < 1.29 is 23.0 Å². The number of nitrogens with zero attached hydrogens (tertiary/aromatic N) is 1. The van der Waals surface area contributed by atoms with Gasteiger partial charge in [0.05, 0.1) is 42.1 Å². The van der Waals surface area contributed by atoms with E-state index in [1.54, 1.807) is 7.11 Å². The van der Waals surface area contributed by atoms with Crippen LogP contribution in [-0.4, -0.2) is 46.3 Å². The Kier molecular flexibility index (Phi) is 6.39. The van der Waals surface area contributed by atoms with Crippen LogP contribution in [0.3, 0.4) is 0 Å². The summed E-state index contributed by atoms with van der Waals surface area (Å²) < 4.78 is 29.0. The normalized spacial score (nSPS) is 15.8. The van der Waals surface area contributed by atoms with E-state index in [1.165, 1.54) is 17.0 Å². The highest BCUT2D eigenvalue weighted by molar-refractivity contribution is 7.90. The van der Waals surface area contributed by atoms with Crippen LogP contribution >= 0.6 is 0 Å². The zero-order valence-corrected chi connectivity index (χ0v) is 17.4. The molecule has 1 saturated heterocycles. The van der Waals surface area contributed by atoms with Gasteiger partial charge in [-0.25, -0.2) is 8.42 Å². The average molecular weight is 421 g/mol. The van der Waals surface area contributed by atoms with Crippen LogP contribution in [0.15, 0.2) is 47.4 Å². The Morgan fingerprint density at radius 3 is 2.52 bits per heavy atom. The molecule has 1 heterocycles. The molecule has 2 N–H and O–H groups in total. The van der Waals surface area contributed by atoms with E-state index in [4.69, 9.17) is 4.74 Å². The van der Waals surface area contributed by atoms with Gasteiger partial charge >= 0.3 is 0 Å². The van der Waals surface area contributed by atoms with Crippen molar-refractivity contribution in [2.75, 3.05) is 38.3 Å². The highest BCUT2D eigenvalue weighted by atomic mass is 32.2. The van der Waals surface area contributed by atoms with E-state index in [1.807, 2.05) is 24.3 Å². The molecule has 1 fully saturated rings. The number of anilines is 1. The quantitative estimate of drug-likeness (QED) is 0.499. The van der Waals surface area contributed by atoms with Gasteiger partial charge in [-0.05, 0) is 24.3 Å². The maximum Gasteiger partial charge on any atom is 0.293 e. The first-order valence-corrected chi connectivity index (χ1v) is 11.4. The minimum atomic E-state index is -3.52. The van der Waals surface area contributed by atoms with Gasteiger partial charge in [0.25, 0.3) is 5.69 Å². The van der Waals surface area contributed by atoms with Gasteiger partial charge in [-0.3, -0.25) is 10.1 Å². The van der Waals surface area contributed by atoms with Crippen molar-refractivity contribution >= 4 is 21.2 Å². The van der Waals surface area contributed by atoms with Crippen LogP contribution < -0.4 is 15.0 Å². The van der Waals surface area contributed by atoms with Crippen LogP contribution in [-0.2, 0) is 9.84 Å². The number of methoxy groups -OCH3 is 1. The summed E-state index contributed by atoms with van der Waals surface area (Å²) in [5, 5.41) is 14.7. The van der Waals surface area contributed by atoms with Gasteiger partial charge < -0.3 is 15.0 Å². The Bertz CT molecular complexity index is 987. The molecule has 2 aromatic carbocycles. The van der Waals surface area contributed by atoms with E-state index in [0.717, 1.165) is 49.6 Å². The SMILES string of the molecule is COc1ccccc1[C@H](CNc1ccc(S(C)(=O)=O)cc1[N+](=O)[O-])[NH+]1CCCC1. The van der Waals surface area contributed by atoms with Crippen molar-refractivity contribution in [3.05, 3.63) is 58.1 Å². The zero-order valence-electron chi connectivity index (χ0n) is 16.6. The number of nitro groups is 1. The largest absolute Gasteiger partial charge is 0.496 e. The van der Waals surface area contributed by atoms with Crippen LogP contribution in [0.2, 0.25) is 0 Å². The van der Waals surface area contributed by atoms with Crippen molar-refractivity contribution in [1.29, 1.82) is 0 Å². The summed E-state index contributed by atoms with van der Waals surface area (Å²) in [6, 6.07) is 11.9. The summed E-state index contributed by atoms with van der Waals surface area (Å²) in [4.78, 5) is 12.3. The van der Waals surface area contributed by atoms with Gasteiger partial charge in [-0.1, -0.05) is 12.1 Å². The topological polar surface area (TPSA) is 103 Å². The van der Waals surface area contributed by atoms with Crippen LogP contribution in [0.5, 0.6) is 5.75 Å². The molecule has 0 bridgehead atoms. The molecule has 0 radical (unpaired) electrons. The van der Waals surface area contributed by atoms with Gasteiger partial charge in [0, 0.05) is 25.2 Å². The van der Waals surface area contributed by atoms with Crippen LogP contribution in [0.25, 0.3) is 0 Å². The molecule has 1 atom stereocenters. The number of likely N-dealkylation sites (tertiary alicyclic amines) is 1. The Hall–Kier alpha value is -2.65. The fourth-order valence-electron chi connectivity index (χ4n) is 3.86. The summed E-state index contributed by atoms with van der Waals surface area (Å²) in [5.41, 5.74) is 1.11. The third-order valence-corrected chi connectivity index (χ3v) is 6.45. The maximum atomic E-state index is 11.8. The molecule has 2 aromatic rings. The number of ether oxygens (including phenoxy) is 1. The monoisotopic (exact) mass is 420 g/mol. The van der Waals surface area contributed by atoms with Gasteiger partial charge in [-0.2, -0.15) is 0 Å². The number of rotatable bonds is 8. The molecule has 8 nitrogen and oxygen atoms in total. The predicted octanol–water partition coefficient (Wildman–Crippen LogP) is 1.84. The van der Waals surface area contributed by atoms with Gasteiger partial charge in [-0.15, -0.1) is 0 Å². The second kappa shape index (κ2) is 8.79. The van der Waals surface area contributed by atoms with Crippen molar-refractivity contribution in [1.82, 2.24) is 0 Å². The Balaban J connectivity index is 1.91. The number of quaternary nitrogens is 1. The molecular formula is C20H26N3O5S+. The van der Waals surface area contributed by atoms with Crippen LogP contribution in [0, 0.1) is 10.1 Å². The highest BCUT2D eigenvalue weighted by Crippen LogP contribution is 2.29. The number of nitrogens with one attached hydrogen (secondary N) is 2. The number of para-hydroxylation sites is 1. The number of hydrogen-bond donors (Lipinski definition) is 2. The van der Waals surface area contributed by atoms with E-state index in [2.05, 4.69) is 5.32 Å². The Labute approximate surface area is 170 Å². The molecule has 9 heteroatoms. The average Bonchev–Trinajstić information content (AvgIpc) is 3.22. The summed E-state index contributed by atoms with van der Waals surface area (Å²) in [7, 11) is -1.89. The lowest BCUT2D eigenvalue weighted by molar-refractivity contribution is -0.917. The molecular weight excluding hydrogens is 394 g/mol. The lowest BCUT2D eigenvalue weighted by Gasteiger charge is -2.27. The van der Waals surface area contributed by atoms with Crippen molar-refractivity contribution in [3.8, 4) is 5.75 Å². The fourth-order valence-corrected chi connectivity index (χ4v) is 4.50. The number of nitro benzene ring substituents is 1. The lowest BCUT2D eigenvalue weighted by Crippen LogP contribution is -3.11. The highest BCUT2D eigenvalue weighted by Gasteiger charge is 2.30. The molecule has 0 saturated carbocycles. The van der Waals surface area contributed by atoms with Crippen LogP contribution in [0.1, 0.15) is 24.4 Å². The molecule has 156 valence electrons. The standard InChI is InChI=1S/C20H25N3O5S/c1-28-20-8-4-3-7-16(20)19(22-11-5-6-12-22)14-21-17-10-9-15(29(2,26)27)13-18(17)23(24)25/h3-4,7-10,13,19,21H,5-6,11-12,14H2,1-2H3/p+1/t19-/m0/s1. The van der Waals surface area contributed by atoms with Gasteiger partial charge in [0.2, 0.25) is 0 Å². The molecule has 0 aliphatic carbocycles. The summed E-state index contributed by atoms with van der Waals surface area (Å²) in [6.07, 6.45) is 3.32. The lowest BCUT2D eigenvalue weighted by atomic mass is 10.0. The predicted molar refractivity (Wildman–Crippen MR) is 110 cm³/mol.